The van der Waals surface area contributed by atoms with Crippen molar-refractivity contribution in [2.45, 2.75) is 32.1 Å². The highest BCUT2D eigenvalue weighted by molar-refractivity contribution is 7.13. The zero-order valence-corrected chi connectivity index (χ0v) is 18.0. The average molecular weight is 439 g/mol. The minimum atomic E-state index is -0.312. The topological polar surface area (TPSA) is 75.2 Å². The normalized spacial score (nSPS) is 16.2. The van der Waals surface area contributed by atoms with E-state index in [0.29, 0.717) is 23.8 Å². The highest BCUT2D eigenvalue weighted by Crippen LogP contribution is 2.29. The molecule has 1 aromatic heterocycles. The molecule has 0 radical (unpaired) electrons. The number of anilines is 1. The van der Waals surface area contributed by atoms with Crippen molar-refractivity contribution in [3.63, 3.8) is 0 Å². The van der Waals surface area contributed by atoms with Crippen LogP contribution in [0, 0.1) is 12.7 Å². The van der Waals surface area contributed by atoms with Crippen molar-refractivity contribution in [2.75, 3.05) is 18.4 Å². The first-order valence-corrected chi connectivity index (χ1v) is 11.0. The molecule has 1 N–H and O–H groups in total. The molecule has 0 saturated carbocycles. The Labute approximate surface area is 184 Å². The molecule has 1 aliphatic heterocycles. The van der Waals surface area contributed by atoms with E-state index in [4.69, 9.17) is 0 Å². The Morgan fingerprint density at radius 2 is 1.87 bits per heavy atom. The number of rotatable bonds is 5. The maximum absolute atomic E-state index is 13.1. The second kappa shape index (κ2) is 9.34. The lowest BCUT2D eigenvalue weighted by atomic mass is 9.98. The quantitative estimate of drug-likeness (QED) is 0.648. The Hall–Kier alpha value is -3.13. The number of benzene rings is 2. The predicted octanol–water partition coefficient (Wildman–Crippen LogP) is 4.19. The fourth-order valence-corrected chi connectivity index (χ4v) is 4.47. The molecule has 6 nitrogen and oxygen atoms in total. The van der Waals surface area contributed by atoms with E-state index in [0.717, 1.165) is 29.0 Å². The van der Waals surface area contributed by atoms with Crippen LogP contribution in [0.1, 0.15) is 44.7 Å². The van der Waals surface area contributed by atoms with Crippen molar-refractivity contribution in [3.8, 4) is 0 Å². The number of nitrogens with one attached hydrogen (secondary N) is 1. The zero-order valence-electron chi connectivity index (χ0n) is 17.2. The third kappa shape index (κ3) is 5.32. The van der Waals surface area contributed by atoms with E-state index in [9.17, 15) is 14.0 Å². The molecule has 0 bridgehead atoms. The molecule has 2 aromatic carbocycles. The number of halogens is 1. The van der Waals surface area contributed by atoms with E-state index in [-0.39, 0.29) is 30.0 Å². The van der Waals surface area contributed by atoms with Crippen LogP contribution in [0.4, 0.5) is 10.1 Å². The molecular formula is C23H23FN4O2S. The second-order valence-electron chi connectivity index (χ2n) is 7.75. The average Bonchev–Trinajstić information content (AvgIpc) is 3.28. The third-order valence-corrected chi connectivity index (χ3v) is 6.42. The van der Waals surface area contributed by atoms with Gasteiger partial charge in [-0.1, -0.05) is 41.2 Å². The van der Waals surface area contributed by atoms with Gasteiger partial charge < -0.3 is 10.2 Å². The van der Waals surface area contributed by atoms with Crippen LogP contribution < -0.4 is 5.32 Å². The van der Waals surface area contributed by atoms with Crippen LogP contribution in [0.25, 0.3) is 0 Å². The molecular weight excluding hydrogens is 415 g/mol. The molecule has 0 spiro atoms. The van der Waals surface area contributed by atoms with Crippen molar-refractivity contribution < 1.29 is 14.0 Å². The van der Waals surface area contributed by atoms with Crippen LogP contribution >= 0.6 is 11.3 Å². The summed E-state index contributed by atoms with van der Waals surface area (Å²) in [6, 6.07) is 13.6. The van der Waals surface area contributed by atoms with Crippen molar-refractivity contribution in [1.29, 1.82) is 0 Å². The first-order chi connectivity index (χ1) is 15.0. The number of hydrogen-bond donors (Lipinski definition) is 1. The first kappa shape index (κ1) is 21.1. The minimum Gasteiger partial charge on any atom is -0.342 e. The molecule has 1 aliphatic rings. The van der Waals surface area contributed by atoms with Gasteiger partial charge in [0.25, 0.3) is 5.91 Å². The first-order valence-electron chi connectivity index (χ1n) is 10.2. The third-order valence-electron chi connectivity index (χ3n) is 5.34. The number of aryl methyl sites for hydroxylation is 1. The number of carbonyl (C=O) groups excluding carboxylic acids is 2. The van der Waals surface area contributed by atoms with Crippen molar-refractivity contribution in [3.05, 3.63) is 75.5 Å². The van der Waals surface area contributed by atoms with Crippen LogP contribution in [0.2, 0.25) is 0 Å². The summed E-state index contributed by atoms with van der Waals surface area (Å²) in [7, 11) is 0. The van der Waals surface area contributed by atoms with Crippen molar-refractivity contribution >= 4 is 28.8 Å². The number of carbonyl (C=O) groups is 2. The van der Waals surface area contributed by atoms with Gasteiger partial charge in [0, 0.05) is 24.7 Å². The highest BCUT2D eigenvalue weighted by Gasteiger charge is 2.28. The van der Waals surface area contributed by atoms with Gasteiger partial charge in [0.05, 0.1) is 6.42 Å². The van der Waals surface area contributed by atoms with E-state index in [2.05, 4.69) is 15.5 Å². The maximum Gasteiger partial charge on any atom is 0.286 e. The van der Waals surface area contributed by atoms with Gasteiger partial charge in [-0.15, -0.1) is 10.2 Å². The summed E-state index contributed by atoms with van der Waals surface area (Å²) in [5.41, 5.74) is 2.62. The summed E-state index contributed by atoms with van der Waals surface area (Å²) in [5.74, 6) is -0.525. The Morgan fingerprint density at radius 1 is 1.13 bits per heavy atom. The van der Waals surface area contributed by atoms with Crippen molar-refractivity contribution in [1.82, 2.24) is 15.1 Å². The fraction of sp³-hybridized carbons (Fsp3) is 0.304. The molecule has 0 aliphatic carbocycles. The molecule has 2 heterocycles. The Balaban J connectivity index is 1.37. The fourth-order valence-electron chi connectivity index (χ4n) is 3.61. The van der Waals surface area contributed by atoms with Crippen LogP contribution in [-0.4, -0.2) is 40.0 Å². The lowest BCUT2D eigenvalue weighted by Gasteiger charge is -2.31. The molecule has 160 valence electrons. The molecule has 4 rings (SSSR count). The molecule has 31 heavy (non-hydrogen) atoms. The largest absolute Gasteiger partial charge is 0.342 e. The summed E-state index contributed by atoms with van der Waals surface area (Å²) in [6.45, 7) is 3.23. The molecule has 2 amide bonds. The Kier molecular flexibility index (Phi) is 6.36. The van der Waals surface area contributed by atoms with E-state index >= 15 is 0 Å². The smallest absolute Gasteiger partial charge is 0.286 e. The van der Waals surface area contributed by atoms with Crippen LogP contribution in [0.5, 0.6) is 0 Å². The van der Waals surface area contributed by atoms with Gasteiger partial charge in [-0.3, -0.25) is 9.59 Å². The molecule has 0 unspecified atom stereocenters. The standard InChI is InChI=1S/C23H23FN4O2S/c1-15-4-10-19(11-5-15)25-21(30)23-27-26-22(31-23)17-3-2-12-28(14-17)20(29)13-16-6-8-18(24)9-7-16/h4-11,17H,2-3,12-14H2,1H3,(H,25,30)/t17-/m0/s1. The number of aromatic nitrogens is 2. The number of piperidine rings is 1. The summed E-state index contributed by atoms with van der Waals surface area (Å²) in [4.78, 5) is 27.0. The van der Waals surface area contributed by atoms with Crippen LogP contribution in [0.15, 0.2) is 48.5 Å². The number of likely N-dealkylation sites (tertiary alicyclic amines) is 1. The highest BCUT2D eigenvalue weighted by atomic mass is 32.1. The molecule has 1 atom stereocenters. The summed E-state index contributed by atoms with van der Waals surface area (Å²) < 4.78 is 13.1. The Morgan fingerprint density at radius 3 is 2.61 bits per heavy atom. The zero-order chi connectivity index (χ0) is 21.8. The lowest BCUT2D eigenvalue weighted by molar-refractivity contribution is -0.131. The molecule has 1 saturated heterocycles. The molecule has 3 aromatic rings. The van der Waals surface area contributed by atoms with E-state index in [1.54, 1.807) is 12.1 Å². The number of hydrogen-bond acceptors (Lipinski definition) is 5. The summed E-state index contributed by atoms with van der Waals surface area (Å²) >= 11 is 1.28. The van der Waals surface area contributed by atoms with Gasteiger partial charge >= 0.3 is 0 Å². The van der Waals surface area contributed by atoms with Gasteiger partial charge in [0.1, 0.15) is 10.8 Å². The van der Waals surface area contributed by atoms with Gasteiger partial charge in [0.2, 0.25) is 10.9 Å². The number of nitrogens with zero attached hydrogens (tertiary/aromatic N) is 3. The summed E-state index contributed by atoms with van der Waals surface area (Å²) in [6.07, 6.45) is 2.01. The number of amides is 2. The molecule has 1 fully saturated rings. The summed E-state index contributed by atoms with van der Waals surface area (Å²) in [5, 5.41) is 12.2. The van der Waals surface area contributed by atoms with Gasteiger partial charge in [-0.25, -0.2) is 4.39 Å². The van der Waals surface area contributed by atoms with E-state index in [1.807, 2.05) is 36.1 Å². The van der Waals surface area contributed by atoms with Crippen LogP contribution in [-0.2, 0) is 11.2 Å². The molecule has 8 heteroatoms. The maximum atomic E-state index is 13.1. The monoisotopic (exact) mass is 438 g/mol. The van der Waals surface area contributed by atoms with Gasteiger partial charge in [0.15, 0.2) is 0 Å². The van der Waals surface area contributed by atoms with Gasteiger partial charge in [-0.05, 0) is 49.6 Å². The SMILES string of the molecule is Cc1ccc(NC(=O)c2nnc([C@H]3CCCN(C(=O)Cc4ccc(F)cc4)C3)s2)cc1. The second-order valence-corrected chi connectivity index (χ2v) is 8.76. The predicted molar refractivity (Wildman–Crippen MR) is 118 cm³/mol. The van der Waals surface area contributed by atoms with Gasteiger partial charge in [-0.2, -0.15) is 0 Å². The lowest BCUT2D eigenvalue weighted by Crippen LogP contribution is -2.39. The van der Waals surface area contributed by atoms with Crippen molar-refractivity contribution in [2.24, 2.45) is 0 Å². The van der Waals surface area contributed by atoms with E-state index in [1.165, 1.54) is 23.5 Å². The van der Waals surface area contributed by atoms with Crippen LogP contribution in [0.3, 0.4) is 0 Å². The Bertz CT molecular complexity index is 1070. The van der Waals surface area contributed by atoms with E-state index < -0.39 is 0 Å². The minimum absolute atomic E-state index is 0.0122.